The number of hydrogen-bond acceptors (Lipinski definition) is 4. The van der Waals surface area contributed by atoms with E-state index in [2.05, 4.69) is 0 Å². The maximum Gasteiger partial charge on any atom is 0.335 e. The van der Waals surface area contributed by atoms with E-state index in [1.807, 2.05) is 31.2 Å². The summed E-state index contributed by atoms with van der Waals surface area (Å²) in [6.07, 6.45) is 0.930. The molecule has 0 saturated heterocycles. The minimum atomic E-state index is -1.03. The van der Waals surface area contributed by atoms with Crippen LogP contribution in [0.4, 0.5) is 5.69 Å². The Hall–Kier alpha value is -3.02. The average molecular weight is 369 g/mol. The number of carbonyl (C=O) groups excluding carboxylic acids is 1. The fourth-order valence-corrected chi connectivity index (χ4v) is 3.04. The van der Waals surface area contributed by atoms with Crippen molar-refractivity contribution in [3.63, 3.8) is 0 Å². The van der Waals surface area contributed by atoms with Crippen molar-refractivity contribution in [1.29, 1.82) is 0 Å². The minimum Gasteiger partial charge on any atom is -0.493 e. The number of carbonyl (C=O) groups is 2. The molecule has 6 heteroatoms. The molecule has 1 unspecified atom stereocenters. The molecular formula is C21H23NO5. The second kappa shape index (κ2) is 8.12. The van der Waals surface area contributed by atoms with Crippen molar-refractivity contribution < 1.29 is 24.2 Å². The van der Waals surface area contributed by atoms with Crippen LogP contribution in [0.25, 0.3) is 0 Å². The Kier molecular flexibility index (Phi) is 5.64. The molecule has 1 aliphatic heterocycles. The van der Waals surface area contributed by atoms with Gasteiger partial charge in [-0.15, -0.1) is 0 Å². The molecule has 0 aromatic heterocycles. The normalized spacial score (nSPS) is 15.9. The van der Waals surface area contributed by atoms with Gasteiger partial charge in [0.15, 0.2) is 6.10 Å². The first-order chi connectivity index (χ1) is 13.0. The Morgan fingerprint density at radius 3 is 2.74 bits per heavy atom. The summed E-state index contributed by atoms with van der Waals surface area (Å²) in [7, 11) is 0. The van der Waals surface area contributed by atoms with Crippen molar-refractivity contribution in [2.75, 3.05) is 18.1 Å². The van der Waals surface area contributed by atoms with Crippen LogP contribution in [0.1, 0.15) is 35.7 Å². The minimum absolute atomic E-state index is 0.132. The van der Waals surface area contributed by atoms with Crippen LogP contribution in [0.15, 0.2) is 42.5 Å². The van der Waals surface area contributed by atoms with E-state index in [1.54, 1.807) is 17.9 Å². The zero-order valence-electron chi connectivity index (χ0n) is 15.5. The number of anilines is 1. The summed E-state index contributed by atoms with van der Waals surface area (Å²) in [6.45, 7) is 4.74. The number of benzene rings is 2. The highest BCUT2D eigenvalue weighted by atomic mass is 16.5. The summed E-state index contributed by atoms with van der Waals surface area (Å²) >= 11 is 0. The Morgan fingerprint density at radius 1 is 1.22 bits per heavy atom. The van der Waals surface area contributed by atoms with Crippen molar-refractivity contribution in [1.82, 2.24) is 0 Å². The second-order valence-corrected chi connectivity index (χ2v) is 6.56. The van der Waals surface area contributed by atoms with Gasteiger partial charge in [0.2, 0.25) is 0 Å². The van der Waals surface area contributed by atoms with E-state index in [1.165, 1.54) is 12.1 Å². The van der Waals surface area contributed by atoms with Gasteiger partial charge in [0, 0.05) is 6.54 Å². The molecule has 0 radical (unpaired) electrons. The summed E-state index contributed by atoms with van der Waals surface area (Å²) < 4.78 is 11.4. The average Bonchev–Trinajstić information content (AvgIpc) is 2.65. The Bertz CT molecular complexity index is 848. The van der Waals surface area contributed by atoms with Gasteiger partial charge in [-0.2, -0.15) is 0 Å². The van der Waals surface area contributed by atoms with Gasteiger partial charge in [-0.3, -0.25) is 4.79 Å². The largest absolute Gasteiger partial charge is 0.493 e. The van der Waals surface area contributed by atoms with Gasteiger partial charge in [-0.1, -0.05) is 18.2 Å². The zero-order chi connectivity index (χ0) is 19.4. The fraction of sp³-hybridized carbons (Fsp3) is 0.333. The van der Waals surface area contributed by atoms with Crippen LogP contribution in [-0.2, 0) is 4.79 Å². The van der Waals surface area contributed by atoms with Crippen molar-refractivity contribution >= 4 is 17.6 Å². The third-order valence-corrected chi connectivity index (χ3v) is 4.54. The first kappa shape index (κ1) is 18.8. The number of carboxylic acid groups (broad SMARTS) is 1. The van der Waals surface area contributed by atoms with E-state index in [-0.39, 0.29) is 11.5 Å². The Balaban J connectivity index is 1.62. The monoisotopic (exact) mass is 369 g/mol. The third kappa shape index (κ3) is 4.22. The SMILES string of the molecule is Cc1ccccc1OCCCCN1C(=O)C(C)Oc2ccc(C(=O)O)cc21. The van der Waals surface area contributed by atoms with Gasteiger partial charge in [-0.25, -0.2) is 4.79 Å². The zero-order valence-corrected chi connectivity index (χ0v) is 15.5. The maximum absolute atomic E-state index is 12.5. The number of amides is 1. The number of para-hydroxylation sites is 1. The second-order valence-electron chi connectivity index (χ2n) is 6.56. The number of rotatable bonds is 7. The molecule has 2 aromatic rings. The summed E-state index contributed by atoms with van der Waals surface area (Å²) in [5.41, 5.74) is 1.73. The molecule has 0 fully saturated rings. The molecule has 3 rings (SSSR count). The predicted molar refractivity (Wildman–Crippen MR) is 102 cm³/mol. The summed E-state index contributed by atoms with van der Waals surface area (Å²) in [6, 6.07) is 12.4. The molecule has 6 nitrogen and oxygen atoms in total. The lowest BCUT2D eigenvalue weighted by atomic mass is 10.1. The van der Waals surface area contributed by atoms with E-state index in [4.69, 9.17) is 9.47 Å². The smallest absolute Gasteiger partial charge is 0.335 e. The molecule has 1 amide bonds. The molecular weight excluding hydrogens is 346 g/mol. The number of nitrogens with zero attached hydrogens (tertiary/aromatic N) is 1. The highest BCUT2D eigenvalue weighted by Crippen LogP contribution is 2.35. The van der Waals surface area contributed by atoms with Crippen LogP contribution in [0.3, 0.4) is 0 Å². The van der Waals surface area contributed by atoms with E-state index in [9.17, 15) is 14.7 Å². The molecule has 1 atom stereocenters. The molecule has 0 bridgehead atoms. The highest BCUT2D eigenvalue weighted by Gasteiger charge is 2.31. The van der Waals surface area contributed by atoms with Gasteiger partial charge in [0.05, 0.1) is 17.9 Å². The van der Waals surface area contributed by atoms with Gasteiger partial charge < -0.3 is 19.5 Å². The topological polar surface area (TPSA) is 76.1 Å². The molecule has 1 heterocycles. The third-order valence-electron chi connectivity index (χ3n) is 4.54. The molecule has 1 N–H and O–H groups in total. The van der Waals surface area contributed by atoms with Crippen LogP contribution in [-0.4, -0.2) is 36.2 Å². The summed E-state index contributed by atoms with van der Waals surface area (Å²) in [5, 5.41) is 9.21. The molecule has 142 valence electrons. The van der Waals surface area contributed by atoms with Gasteiger partial charge in [0.1, 0.15) is 11.5 Å². The molecule has 2 aromatic carbocycles. The van der Waals surface area contributed by atoms with Crippen LogP contribution >= 0.6 is 0 Å². The number of aryl methyl sites for hydroxylation is 1. The highest BCUT2D eigenvalue weighted by molar-refractivity contribution is 6.01. The predicted octanol–water partition coefficient (Wildman–Crippen LogP) is 3.67. The van der Waals surface area contributed by atoms with E-state index < -0.39 is 12.1 Å². The number of hydrogen-bond donors (Lipinski definition) is 1. The van der Waals surface area contributed by atoms with Crippen LogP contribution in [0.5, 0.6) is 11.5 Å². The standard InChI is InChI=1S/C21H23NO5/c1-14-7-3-4-8-18(14)26-12-6-5-11-22-17-13-16(21(24)25)9-10-19(17)27-15(2)20(22)23/h3-4,7-10,13,15H,5-6,11-12H2,1-2H3,(H,24,25). The number of carboxylic acids is 1. The number of unbranched alkanes of at least 4 members (excludes halogenated alkanes) is 1. The van der Waals surface area contributed by atoms with Gasteiger partial charge in [0.25, 0.3) is 5.91 Å². The lowest BCUT2D eigenvalue weighted by molar-refractivity contribution is -0.125. The van der Waals surface area contributed by atoms with Gasteiger partial charge >= 0.3 is 5.97 Å². The summed E-state index contributed by atoms with van der Waals surface area (Å²) in [5.74, 6) is 0.202. The Morgan fingerprint density at radius 2 is 2.00 bits per heavy atom. The van der Waals surface area contributed by atoms with Gasteiger partial charge in [-0.05, 0) is 56.5 Å². The summed E-state index contributed by atoms with van der Waals surface area (Å²) in [4.78, 5) is 25.4. The lowest BCUT2D eigenvalue weighted by Crippen LogP contribution is -2.45. The first-order valence-electron chi connectivity index (χ1n) is 9.01. The van der Waals surface area contributed by atoms with Crippen LogP contribution in [0.2, 0.25) is 0 Å². The van der Waals surface area contributed by atoms with Crippen LogP contribution < -0.4 is 14.4 Å². The van der Waals surface area contributed by atoms with E-state index in [0.29, 0.717) is 24.6 Å². The fourth-order valence-electron chi connectivity index (χ4n) is 3.04. The van der Waals surface area contributed by atoms with Crippen molar-refractivity contribution in [3.05, 3.63) is 53.6 Å². The molecule has 0 saturated carbocycles. The van der Waals surface area contributed by atoms with Crippen molar-refractivity contribution in [3.8, 4) is 11.5 Å². The van der Waals surface area contributed by atoms with Crippen molar-refractivity contribution in [2.45, 2.75) is 32.8 Å². The maximum atomic E-state index is 12.5. The number of aromatic carboxylic acids is 1. The van der Waals surface area contributed by atoms with E-state index >= 15 is 0 Å². The van der Waals surface area contributed by atoms with E-state index in [0.717, 1.165) is 24.2 Å². The molecule has 0 spiro atoms. The Labute approximate surface area is 158 Å². The molecule has 1 aliphatic rings. The molecule has 0 aliphatic carbocycles. The van der Waals surface area contributed by atoms with Crippen LogP contribution in [0, 0.1) is 6.92 Å². The quantitative estimate of drug-likeness (QED) is 0.754. The number of ether oxygens (including phenoxy) is 2. The van der Waals surface area contributed by atoms with Crippen molar-refractivity contribution in [2.24, 2.45) is 0 Å². The molecule has 27 heavy (non-hydrogen) atoms. The number of fused-ring (bicyclic) bond motifs is 1. The first-order valence-corrected chi connectivity index (χ1v) is 9.01. The lowest BCUT2D eigenvalue weighted by Gasteiger charge is -2.33.